The zero-order valence-corrected chi connectivity index (χ0v) is 14.0. The normalized spacial score (nSPS) is 22.7. The number of hydrogen-bond donors (Lipinski definition) is 1. The lowest BCUT2D eigenvalue weighted by Crippen LogP contribution is -2.54. The van der Waals surface area contributed by atoms with Crippen LogP contribution in [-0.2, 0) is 14.5 Å². The lowest BCUT2D eigenvalue weighted by molar-refractivity contribution is -0.124. The summed E-state index contributed by atoms with van der Waals surface area (Å²) in [5.41, 5.74) is 1.12. The molecule has 1 saturated heterocycles. The summed E-state index contributed by atoms with van der Waals surface area (Å²) in [4.78, 5) is 25.7. The lowest BCUT2D eigenvalue weighted by atomic mass is 10.0. The molecule has 1 fully saturated rings. The number of benzene rings is 2. The predicted molar refractivity (Wildman–Crippen MR) is 92.7 cm³/mol. The van der Waals surface area contributed by atoms with Crippen molar-refractivity contribution < 1.29 is 14.0 Å². The Morgan fingerprint density at radius 3 is 2.79 bits per heavy atom. The van der Waals surface area contributed by atoms with Crippen LogP contribution in [0.4, 0.5) is 15.8 Å². The minimum Gasteiger partial charge on any atom is -0.320 e. The van der Waals surface area contributed by atoms with E-state index in [4.69, 9.17) is 11.6 Å². The van der Waals surface area contributed by atoms with Gasteiger partial charge in [0.25, 0.3) is 5.91 Å². The van der Waals surface area contributed by atoms with Crippen molar-refractivity contribution in [3.63, 3.8) is 0 Å². The second-order valence-electron chi connectivity index (χ2n) is 5.57. The Labute approximate surface area is 147 Å². The summed E-state index contributed by atoms with van der Waals surface area (Å²) < 4.78 is 14.1. The Kier molecular flexibility index (Phi) is 3.54. The molecular formula is C17H12ClFN2O2S. The maximum Gasteiger partial charge on any atom is 0.266 e. The summed E-state index contributed by atoms with van der Waals surface area (Å²) in [5.74, 6) is -0.634. The van der Waals surface area contributed by atoms with Crippen LogP contribution in [0.15, 0.2) is 42.5 Å². The number of para-hydroxylation sites is 1. The molecule has 2 heterocycles. The molecule has 0 radical (unpaired) electrons. The number of fused-ring (bicyclic) bond motifs is 2. The van der Waals surface area contributed by atoms with E-state index in [1.165, 1.54) is 22.7 Å². The molecule has 0 saturated carbocycles. The van der Waals surface area contributed by atoms with Gasteiger partial charge in [-0.25, -0.2) is 4.39 Å². The maximum absolute atomic E-state index is 14.1. The third kappa shape index (κ3) is 2.06. The number of rotatable bonds is 1. The van der Waals surface area contributed by atoms with Gasteiger partial charge in [-0.15, -0.1) is 11.8 Å². The topological polar surface area (TPSA) is 49.4 Å². The van der Waals surface area contributed by atoms with Gasteiger partial charge in [-0.2, -0.15) is 0 Å². The van der Waals surface area contributed by atoms with Gasteiger partial charge in [0, 0.05) is 28.4 Å². The molecule has 1 N–H and O–H groups in total. The van der Waals surface area contributed by atoms with Crippen LogP contribution >= 0.6 is 23.4 Å². The van der Waals surface area contributed by atoms with Crippen molar-refractivity contribution in [2.45, 2.75) is 11.3 Å². The zero-order chi connectivity index (χ0) is 16.9. The van der Waals surface area contributed by atoms with Crippen LogP contribution in [0.25, 0.3) is 0 Å². The van der Waals surface area contributed by atoms with Crippen LogP contribution in [0.2, 0.25) is 5.02 Å². The van der Waals surface area contributed by atoms with Crippen molar-refractivity contribution in [2.75, 3.05) is 16.0 Å². The van der Waals surface area contributed by atoms with E-state index in [0.29, 0.717) is 28.4 Å². The molecule has 2 aromatic rings. The molecule has 1 atom stereocenters. The summed E-state index contributed by atoms with van der Waals surface area (Å²) in [6.45, 7) is 0. The molecule has 1 unspecified atom stereocenters. The highest BCUT2D eigenvalue weighted by Gasteiger charge is 2.56. The van der Waals surface area contributed by atoms with E-state index in [2.05, 4.69) is 5.32 Å². The fourth-order valence-corrected chi connectivity index (χ4v) is 4.80. The molecule has 4 rings (SSSR count). The molecule has 1 spiro atoms. The van der Waals surface area contributed by atoms with Gasteiger partial charge in [0.05, 0.1) is 5.69 Å². The van der Waals surface area contributed by atoms with Crippen LogP contribution in [0.5, 0.6) is 0 Å². The first-order valence-corrected chi connectivity index (χ1v) is 8.73. The van der Waals surface area contributed by atoms with Crippen molar-refractivity contribution in [1.29, 1.82) is 0 Å². The van der Waals surface area contributed by atoms with Gasteiger partial charge >= 0.3 is 0 Å². The minimum atomic E-state index is -1.31. The summed E-state index contributed by atoms with van der Waals surface area (Å²) in [6.07, 6.45) is 0.302. The molecular weight excluding hydrogens is 351 g/mol. The molecule has 2 aromatic carbocycles. The molecule has 2 aliphatic rings. The molecule has 2 amide bonds. The van der Waals surface area contributed by atoms with Gasteiger partial charge in [0.1, 0.15) is 5.82 Å². The van der Waals surface area contributed by atoms with Crippen LogP contribution < -0.4 is 10.2 Å². The third-order valence-electron chi connectivity index (χ3n) is 4.18. The second kappa shape index (κ2) is 5.50. The smallest absolute Gasteiger partial charge is 0.266 e. The average Bonchev–Trinajstić information content (AvgIpc) is 2.82. The van der Waals surface area contributed by atoms with E-state index < -0.39 is 16.6 Å². The van der Waals surface area contributed by atoms with Crippen LogP contribution in [0.1, 0.15) is 12.0 Å². The summed E-state index contributed by atoms with van der Waals surface area (Å²) in [5, 5.41) is 3.06. The van der Waals surface area contributed by atoms with Crippen LogP contribution in [0.3, 0.4) is 0 Å². The summed E-state index contributed by atoms with van der Waals surface area (Å²) >= 11 is 7.39. The van der Waals surface area contributed by atoms with Gasteiger partial charge in [0.15, 0.2) is 0 Å². The number of carbonyl (C=O) groups is 2. The first-order chi connectivity index (χ1) is 11.5. The lowest BCUT2D eigenvalue weighted by Gasteiger charge is -2.42. The predicted octanol–water partition coefficient (Wildman–Crippen LogP) is 3.75. The van der Waals surface area contributed by atoms with E-state index >= 15 is 0 Å². The number of halogens is 2. The number of anilines is 2. The van der Waals surface area contributed by atoms with Crippen LogP contribution in [0, 0.1) is 5.82 Å². The number of nitrogens with zero attached hydrogens (tertiary/aromatic N) is 1. The molecule has 7 heteroatoms. The summed E-state index contributed by atoms with van der Waals surface area (Å²) in [7, 11) is 0. The minimum absolute atomic E-state index is 0.136. The third-order valence-corrected chi connectivity index (χ3v) is 5.83. The number of nitrogens with one attached hydrogen (secondary N) is 1. The molecule has 122 valence electrons. The Morgan fingerprint density at radius 2 is 2.00 bits per heavy atom. The van der Waals surface area contributed by atoms with Gasteiger partial charge in [-0.1, -0.05) is 29.8 Å². The Balaban J connectivity index is 1.96. The SMILES string of the molecule is O=C1CCSC2(C(=O)Nc3c(F)cccc32)N1c1cccc(Cl)c1. The molecule has 24 heavy (non-hydrogen) atoms. The standard InChI is InChI=1S/C17H12ClFN2O2S/c18-10-3-1-4-11(9-10)21-14(22)7-8-24-17(21)12-5-2-6-13(19)15(12)20-16(17)23/h1-6,9H,7-8H2,(H,20,23). The first-order valence-electron chi connectivity index (χ1n) is 7.37. The quantitative estimate of drug-likeness (QED) is 0.840. The van der Waals surface area contributed by atoms with Crippen molar-refractivity contribution in [1.82, 2.24) is 0 Å². The van der Waals surface area contributed by atoms with Gasteiger partial charge in [0.2, 0.25) is 10.8 Å². The van der Waals surface area contributed by atoms with Crippen molar-refractivity contribution in [3.05, 3.63) is 58.9 Å². The molecule has 0 aromatic heterocycles. The van der Waals surface area contributed by atoms with Crippen LogP contribution in [-0.4, -0.2) is 17.6 Å². The van der Waals surface area contributed by atoms with Gasteiger partial charge in [-0.3, -0.25) is 14.5 Å². The fraction of sp³-hybridized carbons (Fsp3) is 0.176. The molecule has 4 nitrogen and oxygen atoms in total. The number of amides is 2. The zero-order valence-electron chi connectivity index (χ0n) is 12.4. The van der Waals surface area contributed by atoms with Gasteiger partial charge in [-0.05, 0) is 24.3 Å². The molecule has 2 aliphatic heterocycles. The largest absolute Gasteiger partial charge is 0.320 e. The highest BCUT2D eigenvalue weighted by molar-refractivity contribution is 8.01. The Hall–Kier alpha value is -2.05. The molecule has 0 aliphatic carbocycles. The number of thioether (sulfide) groups is 1. The highest BCUT2D eigenvalue weighted by Crippen LogP contribution is 2.53. The Morgan fingerprint density at radius 1 is 1.21 bits per heavy atom. The Bertz CT molecular complexity index is 875. The second-order valence-corrected chi connectivity index (χ2v) is 7.29. The fourth-order valence-electron chi connectivity index (χ4n) is 3.20. The monoisotopic (exact) mass is 362 g/mol. The van der Waals surface area contributed by atoms with Crippen molar-refractivity contribution in [3.8, 4) is 0 Å². The number of hydrogen-bond acceptors (Lipinski definition) is 3. The maximum atomic E-state index is 14.1. The molecule has 0 bridgehead atoms. The summed E-state index contributed by atoms with van der Waals surface area (Å²) in [6, 6.07) is 11.3. The van der Waals surface area contributed by atoms with E-state index in [9.17, 15) is 14.0 Å². The van der Waals surface area contributed by atoms with Gasteiger partial charge < -0.3 is 5.32 Å². The highest BCUT2D eigenvalue weighted by atomic mass is 35.5. The van der Waals surface area contributed by atoms with Crippen molar-refractivity contribution >= 4 is 46.6 Å². The van der Waals surface area contributed by atoms with E-state index in [1.807, 2.05) is 0 Å². The van der Waals surface area contributed by atoms with E-state index in [1.54, 1.807) is 36.4 Å². The first kappa shape index (κ1) is 15.5. The average molecular weight is 363 g/mol. The number of carbonyl (C=O) groups excluding carboxylic acids is 2. The van der Waals surface area contributed by atoms with E-state index in [-0.39, 0.29) is 11.6 Å². The van der Waals surface area contributed by atoms with Crippen molar-refractivity contribution in [2.24, 2.45) is 0 Å². The van der Waals surface area contributed by atoms with E-state index in [0.717, 1.165) is 0 Å².